The van der Waals surface area contributed by atoms with Crippen molar-refractivity contribution < 1.29 is 9.53 Å². The van der Waals surface area contributed by atoms with E-state index in [9.17, 15) is 4.79 Å². The summed E-state index contributed by atoms with van der Waals surface area (Å²) in [7, 11) is 0. The molecule has 0 bridgehead atoms. The van der Waals surface area contributed by atoms with Crippen molar-refractivity contribution in [3.8, 4) is 0 Å². The first-order chi connectivity index (χ1) is 8.34. The Morgan fingerprint density at radius 2 is 2.00 bits per heavy atom. The summed E-state index contributed by atoms with van der Waals surface area (Å²) in [5, 5.41) is 4.97. The van der Waals surface area contributed by atoms with Gasteiger partial charge in [-0.2, -0.15) is 0 Å². The van der Waals surface area contributed by atoms with E-state index in [2.05, 4.69) is 5.32 Å². The van der Waals surface area contributed by atoms with Gasteiger partial charge in [-0.1, -0.05) is 36.4 Å². The van der Waals surface area contributed by atoms with Crippen LogP contribution in [-0.2, 0) is 4.74 Å². The summed E-state index contributed by atoms with van der Waals surface area (Å²) in [6.07, 6.45) is 0.217. The average Bonchev–Trinajstić information content (AvgIpc) is 3.19. The lowest BCUT2D eigenvalue weighted by molar-refractivity contribution is 0.0952. The van der Waals surface area contributed by atoms with Gasteiger partial charge in [-0.15, -0.1) is 0 Å². The number of epoxide rings is 1. The lowest BCUT2D eigenvalue weighted by atomic mass is 10.0. The van der Waals surface area contributed by atoms with Crippen LogP contribution in [0.5, 0.6) is 0 Å². The van der Waals surface area contributed by atoms with Crippen LogP contribution in [0.15, 0.2) is 42.5 Å². The summed E-state index contributed by atoms with van der Waals surface area (Å²) in [4.78, 5) is 12.0. The van der Waals surface area contributed by atoms with Crippen LogP contribution >= 0.6 is 0 Å². The van der Waals surface area contributed by atoms with Gasteiger partial charge in [-0.25, -0.2) is 0 Å². The van der Waals surface area contributed by atoms with Crippen LogP contribution < -0.4 is 5.32 Å². The monoisotopic (exact) mass is 227 g/mol. The molecule has 1 aliphatic rings. The molecule has 86 valence electrons. The molecule has 1 unspecified atom stereocenters. The first-order valence-electron chi connectivity index (χ1n) is 5.72. The fourth-order valence-corrected chi connectivity index (χ4v) is 1.91. The van der Waals surface area contributed by atoms with Crippen LogP contribution in [0.4, 0.5) is 0 Å². The molecule has 1 aliphatic heterocycles. The van der Waals surface area contributed by atoms with Crippen LogP contribution in [-0.4, -0.2) is 25.2 Å². The maximum atomic E-state index is 12.0. The molecular formula is C14H13NO2. The van der Waals surface area contributed by atoms with Gasteiger partial charge in [0.15, 0.2) is 0 Å². The first kappa shape index (κ1) is 10.3. The van der Waals surface area contributed by atoms with E-state index >= 15 is 0 Å². The second-order valence-electron chi connectivity index (χ2n) is 4.19. The van der Waals surface area contributed by atoms with E-state index in [-0.39, 0.29) is 12.0 Å². The molecule has 1 fully saturated rings. The lowest BCUT2D eigenvalue weighted by Crippen LogP contribution is -2.27. The molecule has 0 aromatic heterocycles. The van der Waals surface area contributed by atoms with Gasteiger partial charge in [0.05, 0.1) is 12.7 Å². The number of fused-ring (bicyclic) bond motifs is 1. The van der Waals surface area contributed by atoms with Crippen molar-refractivity contribution in [3.05, 3.63) is 48.0 Å². The third-order valence-corrected chi connectivity index (χ3v) is 2.93. The maximum Gasteiger partial charge on any atom is 0.252 e. The van der Waals surface area contributed by atoms with E-state index in [1.165, 1.54) is 0 Å². The maximum absolute atomic E-state index is 12.0. The van der Waals surface area contributed by atoms with Gasteiger partial charge in [0.25, 0.3) is 5.91 Å². The van der Waals surface area contributed by atoms with Gasteiger partial charge >= 0.3 is 0 Å². The Kier molecular flexibility index (Phi) is 2.53. The zero-order valence-electron chi connectivity index (χ0n) is 9.35. The Hall–Kier alpha value is -1.87. The molecule has 1 amide bonds. The third-order valence-electron chi connectivity index (χ3n) is 2.93. The van der Waals surface area contributed by atoms with Crippen LogP contribution in [0, 0.1) is 0 Å². The SMILES string of the molecule is O=C(NCC1CO1)c1cccc2ccccc12. The predicted octanol–water partition coefficient (Wildman–Crippen LogP) is 1.97. The van der Waals surface area contributed by atoms with E-state index in [4.69, 9.17) is 4.74 Å². The third kappa shape index (κ3) is 2.15. The highest BCUT2D eigenvalue weighted by Crippen LogP contribution is 2.18. The summed E-state index contributed by atoms with van der Waals surface area (Å²) >= 11 is 0. The second-order valence-corrected chi connectivity index (χ2v) is 4.19. The van der Waals surface area contributed by atoms with Gasteiger partial charge in [-0.05, 0) is 16.8 Å². The Bertz CT molecular complexity index is 556. The summed E-state index contributed by atoms with van der Waals surface area (Å²) in [6, 6.07) is 13.7. The van der Waals surface area contributed by atoms with E-state index < -0.39 is 0 Å². The molecule has 0 radical (unpaired) electrons. The van der Waals surface area contributed by atoms with Crippen LogP contribution in [0.1, 0.15) is 10.4 Å². The first-order valence-corrected chi connectivity index (χ1v) is 5.72. The van der Waals surface area contributed by atoms with Gasteiger partial charge in [0, 0.05) is 12.1 Å². The minimum atomic E-state index is -0.0303. The molecule has 0 saturated carbocycles. The summed E-state index contributed by atoms with van der Waals surface area (Å²) in [6.45, 7) is 1.36. The molecule has 1 heterocycles. The molecule has 1 atom stereocenters. The summed E-state index contributed by atoms with van der Waals surface area (Å²) in [5.41, 5.74) is 0.726. The molecule has 17 heavy (non-hydrogen) atoms. The van der Waals surface area contributed by atoms with Gasteiger partial charge in [0.1, 0.15) is 0 Å². The van der Waals surface area contributed by atoms with Crippen molar-refractivity contribution in [2.45, 2.75) is 6.10 Å². The second kappa shape index (κ2) is 4.18. The van der Waals surface area contributed by atoms with Gasteiger partial charge < -0.3 is 10.1 Å². The number of ether oxygens (including phenoxy) is 1. The Morgan fingerprint density at radius 3 is 2.82 bits per heavy atom. The topological polar surface area (TPSA) is 41.6 Å². The minimum Gasteiger partial charge on any atom is -0.371 e. The Morgan fingerprint density at radius 1 is 1.24 bits per heavy atom. The van der Waals surface area contributed by atoms with Crippen LogP contribution in [0.3, 0.4) is 0 Å². The molecule has 0 spiro atoms. The van der Waals surface area contributed by atoms with E-state index in [1.54, 1.807) is 0 Å². The predicted molar refractivity (Wildman–Crippen MR) is 66.0 cm³/mol. The van der Waals surface area contributed by atoms with Crippen molar-refractivity contribution >= 4 is 16.7 Å². The van der Waals surface area contributed by atoms with Crippen molar-refractivity contribution in [3.63, 3.8) is 0 Å². The number of carbonyl (C=O) groups excluding carboxylic acids is 1. The molecule has 1 saturated heterocycles. The standard InChI is InChI=1S/C14H13NO2/c16-14(15-8-11-9-17-11)13-7-3-5-10-4-1-2-6-12(10)13/h1-7,11H,8-9H2,(H,15,16). The molecule has 3 nitrogen and oxygen atoms in total. The molecule has 3 rings (SSSR count). The number of rotatable bonds is 3. The lowest BCUT2D eigenvalue weighted by Gasteiger charge is -2.06. The fourth-order valence-electron chi connectivity index (χ4n) is 1.91. The number of carbonyl (C=O) groups is 1. The molecule has 1 N–H and O–H groups in total. The van der Waals surface area contributed by atoms with E-state index in [1.807, 2.05) is 42.5 Å². The Labute approximate surface area is 99.4 Å². The minimum absolute atomic E-state index is 0.0303. The van der Waals surface area contributed by atoms with Crippen molar-refractivity contribution in [2.24, 2.45) is 0 Å². The zero-order chi connectivity index (χ0) is 11.7. The molecular weight excluding hydrogens is 214 g/mol. The highest BCUT2D eigenvalue weighted by atomic mass is 16.6. The van der Waals surface area contributed by atoms with E-state index in [0.717, 1.165) is 22.9 Å². The largest absolute Gasteiger partial charge is 0.371 e. The number of amides is 1. The van der Waals surface area contributed by atoms with Gasteiger partial charge in [-0.3, -0.25) is 4.79 Å². The molecule has 2 aromatic rings. The molecule has 0 aliphatic carbocycles. The highest BCUT2D eigenvalue weighted by molar-refractivity contribution is 6.06. The number of benzene rings is 2. The van der Waals surface area contributed by atoms with Crippen molar-refractivity contribution in [1.29, 1.82) is 0 Å². The average molecular weight is 227 g/mol. The van der Waals surface area contributed by atoms with Crippen LogP contribution in [0.25, 0.3) is 10.8 Å². The fraction of sp³-hybridized carbons (Fsp3) is 0.214. The summed E-state index contributed by atoms with van der Waals surface area (Å²) in [5.74, 6) is -0.0303. The number of hydrogen-bond donors (Lipinski definition) is 1. The summed E-state index contributed by atoms with van der Waals surface area (Å²) < 4.78 is 5.07. The molecule has 2 aromatic carbocycles. The van der Waals surface area contributed by atoms with Crippen molar-refractivity contribution in [1.82, 2.24) is 5.32 Å². The quantitative estimate of drug-likeness (QED) is 0.814. The number of hydrogen-bond acceptors (Lipinski definition) is 2. The molecule has 3 heteroatoms. The normalized spacial score (nSPS) is 18.0. The van der Waals surface area contributed by atoms with Crippen molar-refractivity contribution in [2.75, 3.05) is 13.2 Å². The van der Waals surface area contributed by atoms with E-state index in [0.29, 0.717) is 6.54 Å². The number of nitrogens with one attached hydrogen (secondary N) is 1. The smallest absolute Gasteiger partial charge is 0.252 e. The van der Waals surface area contributed by atoms with Crippen LogP contribution in [0.2, 0.25) is 0 Å². The van der Waals surface area contributed by atoms with Gasteiger partial charge in [0.2, 0.25) is 0 Å². The Balaban J connectivity index is 1.89. The highest BCUT2D eigenvalue weighted by Gasteiger charge is 2.23. The zero-order valence-corrected chi connectivity index (χ0v) is 9.35.